The van der Waals surface area contributed by atoms with Crippen LogP contribution in [0.3, 0.4) is 0 Å². The largest absolute Gasteiger partial charge is 0.416 e. The highest BCUT2D eigenvalue weighted by Gasteiger charge is 2.55. The van der Waals surface area contributed by atoms with E-state index >= 15 is 4.39 Å². The molecule has 1 spiro atoms. The van der Waals surface area contributed by atoms with E-state index in [2.05, 4.69) is 25.8 Å². The van der Waals surface area contributed by atoms with Crippen LogP contribution in [-0.4, -0.2) is 45.7 Å². The minimum atomic E-state index is -4.37. The van der Waals surface area contributed by atoms with Gasteiger partial charge in [-0.1, -0.05) is 24.1 Å². The summed E-state index contributed by atoms with van der Waals surface area (Å²) in [5.41, 5.74) is 0.218. The molecule has 10 heteroatoms. The van der Waals surface area contributed by atoms with Crippen LogP contribution in [0, 0.1) is 11.2 Å². The monoisotopic (exact) mass is 481 g/mol. The van der Waals surface area contributed by atoms with Gasteiger partial charge in [-0.05, 0) is 61.5 Å². The molecule has 1 N–H and O–H groups in total. The van der Waals surface area contributed by atoms with Crippen LogP contribution in [0.2, 0.25) is 0 Å². The van der Waals surface area contributed by atoms with Crippen molar-refractivity contribution in [2.24, 2.45) is 5.41 Å². The topological polar surface area (TPSA) is 44.3 Å². The summed E-state index contributed by atoms with van der Waals surface area (Å²) in [5.74, 6) is -0.0612. The van der Waals surface area contributed by atoms with Crippen molar-refractivity contribution in [3.05, 3.63) is 47.5 Å². The van der Waals surface area contributed by atoms with E-state index in [0.29, 0.717) is 12.1 Å². The molecule has 2 saturated carbocycles. The lowest BCUT2D eigenvalue weighted by Gasteiger charge is -2.31. The zero-order valence-electron chi connectivity index (χ0n) is 18.4. The van der Waals surface area contributed by atoms with Crippen molar-refractivity contribution in [3.8, 4) is 0 Å². The Labute approximate surface area is 195 Å². The standard InChI is InChI=1S/C23H27F4N5S/c1-33-31-10-8-22(9-11-31)12-18(22)30-20-19(24)21(29-14-28-20)32(17-6-7-17)13-15-2-4-16(5-3-15)23(25,26)27/h2-5,14,17-18H,6-13H2,1H3,(H,28,29,30). The molecule has 33 heavy (non-hydrogen) atoms. The minimum absolute atomic E-state index is 0.132. The van der Waals surface area contributed by atoms with Gasteiger partial charge in [0.25, 0.3) is 0 Å². The number of nitrogens with one attached hydrogen (secondary N) is 1. The normalized spacial score (nSPS) is 22.4. The molecule has 1 aromatic carbocycles. The molecule has 1 aromatic heterocycles. The summed E-state index contributed by atoms with van der Waals surface area (Å²) in [6.45, 7) is 2.38. The van der Waals surface area contributed by atoms with Crippen LogP contribution >= 0.6 is 11.9 Å². The third-order valence-electron chi connectivity index (χ3n) is 7.14. The number of aromatic nitrogens is 2. The number of anilines is 2. The maximum atomic E-state index is 15.5. The van der Waals surface area contributed by atoms with Crippen LogP contribution in [0.15, 0.2) is 30.6 Å². The quantitative estimate of drug-likeness (QED) is 0.425. The molecule has 0 amide bonds. The first-order chi connectivity index (χ1) is 15.8. The number of alkyl halides is 3. The van der Waals surface area contributed by atoms with Crippen molar-refractivity contribution >= 4 is 23.6 Å². The van der Waals surface area contributed by atoms with Gasteiger partial charge in [-0.25, -0.2) is 9.97 Å². The molecule has 178 valence electrons. The maximum absolute atomic E-state index is 15.5. The zero-order chi connectivity index (χ0) is 23.2. The first-order valence-electron chi connectivity index (χ1n) is 11.3. The van der Waals surface area contributed by atoms with Gasteiger partial charge in [0, 0.05) is 31.7 Å². The number of hydrogen-bond donors (Lipinski definition) is 1. The number of hydrogen-bond acceptors (Lipinski definition) is 6. The van der Waals surface area contributed by atoms with Gasteiger partial charge in [-0.15, -0.1) is 0 Å². The molecule has 3 aliphatic rings. The summed E-state index contributed by atoms with van der Waals surface area (Å²) in [5, 5.41) is 3.32. The van der Waals surface area contributed by atoms with Gasteiger partial charge in [0.1, 0.15) is 6.33 Å². The third-order valence-corrected chi connectivity index (χ3v) is 8.02. The van der Waals surface area contributed by atoms with Gasteiger partial charge in [0.05, 0.1) is 5.56 Å². The second-order valence-corrected chi connectivity index (χ2v) is 10.2. The predicted octanol–water partition coefficient (Wildman–Crippen LogP) is 5.35. The van der Waals surface area contributed by atoms with Gasteiger partial charge in [0.2, 0.25) is 5.82 Å². The molecular formula is C23H27F4N5S. The zero-order valence-corrected chi connectivity index (χ0v) is 19.2. The fourth-order valence-corrected chi connectivity index (χ4v) is 5.35. The average molecular weight is 482 g/mol. The van der Waals surface area contributed by atoms with E-state index in [1.807, 2.05) is 4.90 Å². The van der Waals surface area contributed by atoms with Crippen molar-refractivity contribution < 1.29 is 17.6 Å². The van der Waals surface area contributed by atoms with E-state index < -0.39 is 17.6 Å². The molecular weight excluding hydrogens is 454 g/mol. The molecule has 5 rings (SSSR count). The van der Waals surface area contributed by atoms with E-state index in [4.69, 9.17) is 0 Å². The van der Waals surface area contributed by atoms with Crippen molar-refractivity contribution in [1.82, 2.24) is 14.3 Å². The predicted molar refractivity (Wildman–Crippen MR) is 121 cm³/mol. The SMILES string of the molecule is CSN1CCC2(CC1)CC2Nc1ncnc(N(Cc2ccc(C(F)(F)F)cc2)C2CC2)c1F. The van der Waals surface area contributed by atoms with Crippen LogP contribution in [0.25, 0.3) is 0 Å². The number of benzene rings is 1. The van der Waals surface area contributed by atoms with E-state index in [1.165, 1.54) is 18.5 Å². The molecule has 2 aromatic rings. The smallest absolute Gasteiger partial charge is 0.364 e. The Morgan fingerprint density at radius 2 is 1.85 bits per heavy atom. The summed E-state index contributed by atoms with van der Waals surface area (Å²) in [7, 11) is 0. The van der Waals surface area contributed by atoms with Crippen LogP contribution < -0.4 is 10.2 Å². The van der Waals surface area contributed by atoms with Gasteiger partial charge >= 0.3 is 6.18 Å². The summed E-state index contributed by atoms with van der Waals surface area (Å²) in [6.07, 6.45) is 4.10. The van der Waals surface area contributed by atoms with Gasteiger partial charge in [-0.2, -0.15) is 17.6 Å². The summed E-state index contributed by atoms with van der Waals surface area (Å²) < 4.78 is 56.5. The Morgan fingerprint density at radius 1 is 1.15 bits per heavy atom. The molecule has 1 atom stereocenters. The lowest BCUT2D eigenvalue weighted by Crippen LogP contribution is -2.32. The molecule has 1 unspecified atom stereocenters. The van der Waals surface area contributed by atoms with E-state index in [-0.39, 0.29) is 29.1 Å². The van der Waals surface area contributed by atoms with Crippen LogP contribution in [0.1, 0.15) is 43.2 Å². The van der Waals surface area contributed by atoms with E-state index in [0.717, 1.165) is 57.3 Å². The first kappa shape index (κ1) is 22.7. The Hall–Kier alpha value is -2.07. The number of nitrogens with zero attached hydrogens (tertiary/aromatic N) is 4. The lowest BCUT2D eigenvalue weighted by atomic mass is 9.94. The Balaban J connectivity index is 1.30. The van der Waals surface area contributed by atoms with Crippen LogP contribution in [0.5, 0.6) is 0 Å². The highest BCUT2D eigenvalue weighted by molar-refractivity contribution is 7.96. The third kappa shape index (κ3) is 4.77. The number of piperidine rings is 1. The van der Waals surface area contributed by atoms with Gasteiger partial charge in [0.15, 0.2) is 11.6 Å². The molecule has 2 aliphatic carbocycles. The Morgan fingerprint density at radius 3 is 2.45 bits per heavy atom. The van der Waals surface area contributed by atoms with E-state index in [1.54, 1.807) is 11.9 Å². The molecule has 0 radical (unpaired) electrons. The van der Waals surface area contributed by atoms with Crippen molar-refractivity contribution in [1.29, 1.82) is 0 Å². The molecule has 1 aliphatic heterocycles. The first-order valence-corrected chi connectivity index (χ1v) is 12.5. The van der Waals surface area contributed by atoms with Crippen molar-refractivity contribution in [2.45, 2.75) is 56.9 Å². The summed E-state index contributed by atoms with van der Waals surface area (Å²) in [4.78, 5) is 10.2. The fraction of sp³-hybridized carbons (Fsp3) is 0.565. The van der Waals surface area contributed by atoms with Gasteiger partial charge < -0.3 is 10.2 Å². The molecule has 3 fully saturated rings. The molecule has 0 bridgehead atoms. The van der Waals surface area contributed by atoms with Crippen molar-refractivity contribution in [3.63, 3.8) is 0 Å². The average Bonchev–Trinajstić information content (AvgIpc) is 3.72. The summed E-state index contributed by atoms with van der Waals surface area (Å²) in [6, 6.07) is 5.38. The maximum Gasteiger partial charge on any atom is 0.416 e. The van der Waals surface area contributed by atoms with Gasteiger partial charge in [-0.3, -0.25) is 4.31 Å². The van der Waals surface area contributed by atoms with Crippen molar-refractivity contribution in [2.75, 3.05) is 29.6 Å². The van der Waals surface area contributed by atoms with Crippen LogP contribution in [0.4, 0.5) is 29.2 Å². The Bertz CT molecular complexity index is 987. The second-order valence-electron chi connectivity index (χ2n) is 9.29. The summed E-state index contributed by atoms with van der Waals surface area (Å²) >= 11 is 1.77. The highest BCUT2D eigenvalue weighted by Crippen LogP contribution is 2.55. The molecule has 1 saturated heterocycles. The Kier molecular flexibility index (Phi) is 5.93. The lowest BCUT2D eigenvalue weighted by molar-refractivity contribution is -0.137. The molecule has 2 heterocycles. The fourth-order valence-electron chi connectivity index (χ4n) is 4.80. The highest BCUT2D eigenvalue weighted by atomic mass is 32.2. The van der Waals surface area contributed by atoms with Crippen LogP contribution in [-0.2, 0) is 12.7 Å². The molecule has 5 nitrogen and oxygen atoms in total. The minimum Gasteiger partial charge on any atom is -0.364 e. The number of rotatable bonds is 7. The second kappa shape index (κ2) is 8.61. The van der Waals surface area contributed by atoms with E-state index in [9.17, 15) is 13.2 Å². The number of halogens is 4.